The lowest BCUT2D eigenvalue weighted by molar-refractivity contribution is -0.0105. The Balaban J connectivity index is 1.32. The first-order chi connectivity index (χ1) is 10.1. The highest BCUT2D eigenvalue weighted by Gasteiger charge is 2.39. The van der Waals surface area contributed by atoms with Gasteiger partial charge in [-0.1, -0.05) is 20.3 Å². The number of aliphatic hydroxyl groups is 1. The maximum absolute atomic E-state index is 10.2. The monoisotopic (exact) mass is 295 g/mol. The minimum Gasteiger partial charge on any atom is -0.389 e. The van der Waals surface area contributed by atoms with Crippen molar-refractivity contribution in [3.8, 4) is 0 Å². The Kier molecular flexibility index (Phi) is 5.23. The van der Waals surface area contributed by atoms with E-state index in [0.717, 1.165) is 55.8 Å². The van der Waals surface area contributed by atoms with Crippen LogP contribution < -0.4 is 0 Å². The fraction of sp³-hybridized carbons (Fsp3) is 1.00. The molecule has 3 nitrogen and oxygen atoms in total. The zero-order valence-corrected chi connectivity index (χ0v) is 13.8. The molecule has 0 spiro atoms. The number of rotatable bonds is 6. The van der Waals surface area contributed by atoms with Crippen molar-refractivity contribution in [1.29, 1.82) is 0 Å². The van der Waals surface area contributed by atoms with Gasteiger partial charge in [-0.15, -0.1) is 0 Å². The summed E-state index contributed by atoms with van der Waals surface area (Å²) in [5.41, 5.74) is 0. The molecule has 122 valence electrons. The Morgan fingerprint density at radius 3 is 2.48 bits per heavy atom. The lowest BCUT2D eigenvalue weighted by atomic mass is 9.89. The number of aliphatic hydroxyl groups excluding tert-OH is 1. The number of fused-ring (bicyclic) bond motifs is 2. The Labute approximate surface area is 130 Å². The average molecular weight is 295 g/mol. The van der Waals surface area contributed by atoms with Gasteiger partial charge in [-0.3, -0.25) is 0 Å². The summed E-state index contributed by atoms with van der Waals surface area (Å²) in [6, 6.07) is 0. The van der Waals surface area contributed by atoms with E-state index >= 15 is 0 Å². The third-order valence-corrected chi connectivity index (χ3v) is 5.94. The molecule has 2 bridgehead atoms. The highest BCUT2D eigenvalue weighted by atomic mass is 16.5. The van der Waals surface area contributed by atoms with E-state index in [-0.39, 0.29) is 6.10 Å². The molecule has 21 heavy (non-hydrogen) atoms. The van der Waals surface area contributed by atoms with Gasteiger partial charge >= 0.3 is 0 Å². The molecule has 2 aliphatic carbocycles. The smallest absolute Gasteiger partial charge is 0.0900 e. The van der Waals surface area contributed by atoms with E-state index in [0.29, 0.717) is 6.61 Å². The van der Waals surface area contributed by atoms with Crippen LogP contribution in [0.4, 0.5) is 0 Å². The van der Waals surface area contributed by atoms with E-state index in [9.17, 15) is 5.11 Å². The van der Waals surface area contributed by atoms with Crippen LogP contribution in [0, 0.1) is 29.6 Å². The summed E-state index contributed by atoms with van der Waals surface area (Å²) in [4.78, 5) is 2.42. The van der Waals surface area contributed by atoms with Crippen LogP contribution >= 0.6 is 0 Å². The number of likely N-dealkylation sites (tertiary alicyclic amines) is 1. The summed E-state index contributed by atoms with van der Waals surface area (Å²) in [6.07, 6.45) is 6.70. The van der Waals surface area contributed by atoms with Crippen molar-refractivity contribution in [2.24, 2.45) is 29.6 Å². The van der Waals surface area contributed by atoms with Crippen LogP contribution in [-0.4, -0.2) is 49.0 Å². The standard InChI is InChI=1S/C18H33NO2/c1-13-5-14(2)9-19(8-13)10-18(20)12-21-11-17-7-15-3-4-16(17)6-15/h13-18,20H,3-12H2,1-2H3/t13-,14-,15-,16-,17+,18+/m1/s1. The molecule has 2 saturated carbocycles. The van der Waals surface area contributed by atoms with Crippen molar-refractivity contribution in [3.05, 3.63) is 0 Å². The molecule has 1 aliphatic heterocycles. The number of hydrogen-bond donors (Lipinski definition) is 1. The molecule has 0 amide bonds. The maximum Gasteiger partial charge on any atom is 0.0900 e. The molecule has 3 rings (SSSR count). The normalized spacial score (nSPS) is 41.6. The van der Waals surface area contributed by atoms with Crippen molar-refractivity contribution in [2.75, 3.05) is 32.8 Å². The van der Waals surface area contributed by atoms with E-state index in [2.05, 4.69) is 18.7 Å². The zero-order chi connectivity index (χ0) is 14.8. The number of hydrogen-bond acceptors (Lipinski definition) is 3. The topological polar surface area (TPSA) is 32.7 Å². The predicted octanol–water partition coefficient (Wildman–Crippen LogP) is 2.78. The Bertz CT molecular complexity index is 325. The van der Waals surface area contributed by atoms with E-state index < -0.39 is 0 Å². The third kappa shape index (κ3) is 4.20. The van der Waals surface area contributed by atoms with E-state index in [1.807, 2.05) is 0 Å². The first kappa shape index (κ1) is 15.8. The molecule has 6 atom stereocenters. The Morgan fingerprint density at radius 1 is 1.10 bits per heavy atom. The van der Waals surface area contributed by atoms with Gasteiger partial charge in [-0.2, -0.15) is 0 Å². The van der Waals surface area contributed by atoms with Gasteiger partial charge in [0.25, 0.3) is 0 Å². The van der Waals surface area contributed by atoms with E-state index in [1.54, 1.807) is 0 Å². The predicted molar refractivity (Wildman–Crippen MR) is 85.1 cm³/mol. The maximum atomic E-state index is 10.2. The number of nitrogens with zero attached hydrogens (tertiary/aromatic N) is 1. The number of ether oxygens (including phenoxy) is 1. The molecule has 1 N–H and O–H groups in total. The van der Waals surface area contributed by atoms with Crippen LogP contribution in [-0.2, 0) is 4.74 Å². The molecular weight excluding hydrogens is 262 g/mol. The SMILES string of the molecule is C[C@@H]1C[C@@H](C)CN(C[C@H](O)COC[C@@H]2C[C@@H]3CC[C@@H]2C3)C1. The number of β-amino-alcohol motifs (C(OH)–C–C–N with tert-alkyl or cyclic N) is 1. The van der Waals surface area contributed by atoms with Gasteiger partial charge in [-0.05, 0) is 55.3 Å². The Hall–Kier alpha value is -0.120. The molecule has 1 saturated heterocycles. The summed E-state index contributed by atoms with van der Waals surface area (Å²) in [5.74, 6) is 4.22. The minimum absolute atomic E-state index is 0.318. The molecule has 0 aromatic carbocycles. The zero-order valence-electron chi connectivity index (χ0n) is 13.8. The summed E-state index contributed by atoms with van der Waals surface area (Å²) in [5, 5.41) is 10.2. The first-order valence-electron chi connectivity index (χ1n) is 9.08. The van der Waals surface area contributed by atoms with Gasteiger partial charge in [0.05, 0.1) is 12.7 Å². The molecule has 1 heterocycles. The quantitative estimate of drug-likeness (QED) is 0.818. The second-order valence-corrected chi connectivity index (χ2v) is 8.29. The second kappa shape index (κ2) is 6.97. The van der Waals surface area contributed by atoms with Crippen LogP contribution in [0.25, 0.3) is 0 Å². The van der Waals surface area contributed by atoms with Gasteiger partial charge < -0.3 is 14.7 Å². The summed E-state index contributed by atoms with van der Waals surface area (Å²) in [7, 11) is 0. The first-order valence-corrected chi connectivity index (χ1v) is 9.08. The highest BCUT2D eigenvalue weighted by Crippen LogP contribution is 2.48. The summed E-state index contributed by atoms with van der Waals surface area (Å²) < 4.78 is 5.85. The van der Waals surface area contributed by atoms with Gasteiger partial charge in [0.1, 0.15) is 0 Å². The van der Waals surface area contributed by atoms with Crippen LogP contribution in [0.2, 0.25) is 0 Å². The molecule has 0 unspecified atom stereocenters. The summed E-state index contributed by atoms with van der Waals surface area (Å²) >= 11 is 0. The van der Waals surface area contributed by atoms with Crippen LogP contribution in [0.3, 0.4) is 0 Å². The van der Waals surface area contributed by atoms with Gasteiger partial charge in [0, 0.05) is 26.2 Å². The molecule has 3 fully saturated rings. The van der Waals surface area contributed by atoms with E-state index in [4.69, 9.17) is 4.74 Å². The molecule has 0 aromatic heterocycles. The Morgan fingerprint density at radius 2 is 1.86 bits per heavy atom. The molecule has 3 heteroatoms. The molecule has 0 aromatic rings. The van der Waals surface area contributed by atoms with Crippen molar-refractivity contribution < 1.29 is 9.84 Å². The highest BCUT2D eigenvalue weighted by molar-refractivity contribution is 4.89. The van der Waals surface area contributed by atoms with Gasteiger partial charge in [0.2, 0.25) is 0 Å². The van der Waals surface area contributed by atoms with Crippen molar-refractivity contribution >= 4 is 0 Å². The van der Waals surface area contributed by atoms with Crippen molar-refractivity contribution in [2.45, 2.75) is 52.1 Å². The largest absolute Gasteiger partial charge is 0.389 e. The lowest BCUT2D eigenvalue weighted by Crippen LogP contribution is -2.43. The fourth-order valence-corrected chi connectivity index (χ4v) is 5.23. The van der Waals surface area contributed by atoms with Gasteiger partial charge in [-0.25, -0.2) is 0 Å². The third-order valence-electron chi connectivity index (χ3n) is 5.94. The van der Waals surface area contributed by atoms with Crippen molar-refractivity contribution in [3.63, 3.8) is 0 Å². The summed E-state index contributed by atoms with van der Waals surface area (Å²) in [6.45, 7) is 9.09. The van der Waals surface area contributed by atoms with E-state index in [1.165, 1.54) is 32.1 Å². The number of piperidine rings is 1. The minimum atomic E-state index is -0.318. The van der Waals surface area contributed by atoms with Gasteiger partial charge in [0.15, 0.2) is 0 Å². The van der Waals surface area contributed by atoms with Crippen LogP contribution in [0.1, 0.15) is 46.0 Å². The molecular formula is C18H33NO2. The average Bonchev–Trinajstić information content (AvgIpc) is 2.99. The molecule has 0 radical (unpaired) electrons. The lowest BCUT2D eigenvalue weighted by Gasteiger charge is -2.36. The van der Waals surface area contributed by atoms with Crippen molar-refractivity contribution in [1.82, 2.24) is 4.90 Å². The molecule has 3 aliphatic rings. The van der Waals surface area contributed by atoms with Crippen LogP contribution in [0.15, 0.2) is 0 Å². The second-order valence-electron chi connectivity index (χ2n) is 8.29. The fourth-order valence-electron chi connectivity index (χ4n) is 5.23. The van der Waals surface area contributed by atoms with Crippen LogP contribution in [0.5, 0.6) is 0 Å².